The highest BCUT2D eigenvalue weighted by molar-refractivity contribution is 6.31. The molecule has 1 saturated heterocycles. The first-order valence-corrected chi connectivity index (χ1v) is 14.6. The summed E-state index contributed by atoms with van der Waals surface area (Å²) in [6, 6.07) is 16.3. The molecule has 0 spiro atoms. The quantitative estimate of drug-likeness (QED) is 0.306. The number of aromatic nitrogens is 2. The number of aliphatic imine (C=N–C) groups is 1. The number of amides is 1. The minimum atomic E-state index is -0.704. The van der Waals surface area contributed by atoms with Gasteiger partial charge in [-0.25, -0.2) is 14.1 Å². The van der Waals surface area contributed by atoms with Gasteiger partial charge >= 0.3 is 5.95 Å². The molecular formula is C33H32ClF2N6O+. The summed E-state index contributed by atoms with van der Waals surface area (Å²) in [6.45, 7) is 3.84. The van der Waals surface area contributed by atoms with E-state index in [1.807, 2.05) is 34.5 Å². The lowest BCUT2D eigenvalue weighted by molar-refractivity contribution is -0.487. The van der Waals surface area contributed by atoms with Crippen molar-refractivity contribution in [3.05, 3.63) is 106 Å². The van der Waals surface area contributed by atoms with Gasteiger partial charge < -0.3 is 9.80 Å². The SMILES string of the molecule is CN(C)C1(C)CCN(C(=O)c2ccc([NH2+]c3ncc4c(n3)-c3ccc(Cl)cc3C(c3c(F)cccc3F)=NC4)cc2)CC1. The minimum Gasteiger partial charge on any atom is -0.339 e. The lowest BCUT2D eigenvalue weighted by Crippen LogP contribution is -2.72. The van der Waals surface area contributed by atoms with Crippen LogP contribution < -0.4 is 5.32 Å². The van der Waals surface area contributed by atoms with E-state index in [0.29, 0.717) is 33.4 Å². The number of carbonyl (C=O) groups excluding carboxylic acids is 1. The van der Waals surface area contributed by atoms with Gasteiger partial charge in [-0.2, -0.15) is 9.97 Å². The van der Waals surface area contributed by atoms with E-state index in [0.717, 1.165) is 37.2 Å². The number of nitrogens with zero attached hydrogens (tertiary/aromatic N) is 5. The van der Waals surface area contributed by atoms with Crippen LogP contribution in [0.3, 0.4) is 0 Å². The highest BCUT2D eigenvalue weighted by atomic mass is 35.5. The first kappa shape index (κ1) is 29.0. The molecule has 3 heterocycles. The minimum absolute atomic E-state index is 0.0333. The summed E-state index contributed by atoms with van der Waals surface area (Å²) in [7, 11) is 4.18. The van der Waals surface area contributed by atoms with Crippen LogP contribution in [0.15, 0.2) is 71.9 Å². The monoisotopic (exact) mass is 601 g/mol. The van der Waals surface area contributed by atoms with E-state index in [1.165, 1.54) is 18.2 Å². The molecule has 0 bridgehead atoms. The Balaban J connectivity index is 1.24. The molecule has 43 heavy (non-hydrogen) atoms. The van der Waals surface area contributed by atoms with Crippen molar-refractivity contribution >= 4 is 34.9 Å². The van der Waals surface area contributed by atoms with E-state index >= 15 is 0 Å². The van der Waals surface area contributed by atoms with Gasteiger partial charge in [-0.3, -0.25) is 9.79 Å². The van der Waals surface area contributed by atoms with Crippen molar-refractivity contribution in [2.45, 2.75) is 31.8 Å². The number of piperidine rings is 1. The van der Waals surface area contributed by atoms with Gasteiger partial charge in [0.1, 0.15) is 17.3 Å². The Morgan fingerprint density at radius 2 is 1.70 bits per heavy atom. The molecule has 0 aliphatic carbocycles. The Bertz CT molecular complexity index is 1710. The average molecular weight is 602 g/mol. The molecule has 0 radical (unpaired) electrons. The van der Waals surface area contributed by atoms with Crippen LogP contribution >= 0.6 is 11.6 Å². The number of hydrogen-bond donors (Lipinski definition) is 1. The number of likely N-dealkylation sites (tertiary alicyclic amines) is 1. The van der Waals surface area contributed by atoms with Crippen LogP contribution in [0.25, 0.3) is 11.3 Å². The number of fused-ring (bicyclic) bond motifs is 3. The number of rotatable bonds is 5. The molecule has 2 aliphatic heterocycles. The highest BCUT2D eigenvalue weighted by Crippen LogP contribution is 2.34. The summed E-state index contributed by atoms with van der Waals surface area (Å²) in [4.78, 5) is 31.3. The van der Waals surface area contributed by atoms with Crippen LogP contribution in [0.1, 0.15) is 46.8 Å². The Hall–Kier alpha value is -4.05. The molecule has 0 saturated carbocycles. The van der Waals surface area contributed by atoms with Crippen LogP contribution in [-0.2, 0) is 6.54 Å². The highest BCUT2D eigenvalue weighted by Gasteiger charge is 2.34. The second-order valence-corrected chi connectivity index (χ2v) is 11.9. The number of nitrogens with two attached hydrogens (primary N) is 1. The predicted molar refractivity (Wildman–Crippen MR) is 163 cm³/mol. The van der Waals surface area contributed by atoms with E-state index < -0.39 is 11.6 Å². The summed E-state index contributed by atoms with van der Waals surface area (Å²) in [6.07, 6.45) is 3.56. The van der Waals surface area contributed by atoms with Crippen LogP contribution in [0.2, 0.25) is 5.02 Å². The topological polar surface area (TPSA) is 78.3 Å². The molecule has 3 aromatic carbocycles. The predicted octanol–water partition coefficient (Wildman–Crippen LogP) is 5.51. The van der Waals surface area contributed by atoms with Gasteiger partial charge in [-0.15, -0.1) is 0 Å². The molecule has 1 aromatic heterocycles. The van der Waals surface area contributed by atoms with Crippen molar-refractivity contribution in [3.63, 3.8) is 0 Å². The van der Waals surface area contributed by atoms with E-state index in [9.17, 15) is 13.6 Å². The molecular weight excluding hydrogens is 570 g/mol. The largest absolute Gasteiger partial charge is 0.339 e. The third-order valence-corrected chi connectivity index (χ3v) is 8.88. The zero-order valence-corrected chi connectivity index (χ0v) is 25.0. The van der Waals surface area contributed by atoms with Gasteiger partial charge in [0.15, 0.2) is 0 Å². The fourth-order valence-corrected chi connectivity index (χ4v) is 5.81. The number of quaternary nitrogens is 1. The van der Waals surface area contributed by atoms with E-state index in [2.05, 4.69) is 35.9 Å². The maximum absolute atomic E-state index is 14.8. The maximum atomic E-state index is 14.8. The molecule has 1 fully saturated rings. The first-order valence-electron chi connectivity index (χ1n) is 14.2. The van der Waals surface area contributed by atoms with Gasteiger partial charge in [-0.05, 0) is 70.3 Å². The summed E-state index contributed by atoms with van der Waals surface area (Å²) < 4.78 is 29.7. The molecule has 10 heteroatoms. The molecule has 7 nitrogen and oxygen atoms in total. The third-order valence-electron chi connectivity index (χ3n) is 8.64. The zero-order valence-electron chi connectivity index (χ0n) is 24.2. The molecule has 2 N–H and O–H groups in total. The summed E-state index contributed by atoms with van der Waals surface area (Å²) in [5.41, 5.74) is 4.05. The van der Waals surface area contributed by atoms with Crippen molar-refractivity contribution in [2.75, 3.05) is 27.2 Å². The van der Waals surface area contributed by atoms with Gasteiger partial charge in [0.2, 0.25) is 0 Å². The Kier molecular flexibility index (Phi) is 7.81. The Morgan fingerprint density at radius 3 is 2.37 bits per heavy atom. The molecule has 220 valence electrons. The van der Waals surface area contributed by atoms with Crippen LogP contribution in [0, 0.1) is 11.6 Å². The van der Waals surface area contributed by atoms with E-state index in [1.54, 1.807) is 24.4 Å². The smallest absolute Gasteiger partial charge is 0.331 e. The molecule has 0 atom stereocenters. The molecule has 0 unspecified atom stereocenters. The maximum Gasteiger partial charge on any atom is 0.331 e. The van der Waals surface area contributed by atoms with Crippen molar-refractivity contribution in [3.8, 4) is 11.3 Å². The standard InChI is InChI=1S/C33H31ClF2N6O/c1-33(41(2)3)13-15-42(16-14-33)31(43)20-7-10-23(11-8-20)39-32-38-19-21-18-37-30(28-26(35)5-4-6-27(28)36)25-17-22(34)9-12-24(25)29(21)40-32/h4-12,17,19H,13-16,18H2,1-3H3,(H,38,39,40)/p+1. The normalized spacial score (nSPS) is 15.9. The van der Waals surface area contributed by atoms with Crippen LogP contribution in [-0.4, -0.2) is 64.1 Å². The summed E-state index contributed by atoms with van der Waals surface area (Å²) in [5.74, 6) is -0.917. The fraction of sp³-hybridized carbons (Fsp3) is 0.273. The molecule has 4 aromatic rings. The number of carbonyl (C=O) groups is 1. The third kappa shape index (κ3) is 5.68. The number of hydrogen-bond acceptors (Lipinski definition) is 5. The van der Waals surface area contributed by atoms with Crippen molar-refractivity contribution in [2.24, 2.45) is 4.99 Å². The first-order chi connectivity index (χ1) is 20.6. The van der Waals surface area contributed by atoms with Gasteiger partial charge in [0.05, 0.1) is 23.5 Å². The summed E-state index contributed by atoms with van der Waals surface area (Å²) in [5, 5.41) is 2.25. The molecule has 6 rings (SSSR count). The van der Waals surface area contributed by atoms with E-state index in [-0.39, 0.29) is 29.3 Å². The Labute approximate surface area is 254 Å². The fourth-order valence-electron chi connectivity index (χ4n) is 5.64. The second kappa shape index (κ2) is 11.6. The summed E-state index contributed by atoms with van der Waals surface area (Å²) >= 11 is 6.33. The Morgan fingerprint density at radius 1 is 1.00 bits per heavy atom. The lowest BCUT2D eigenvalue weighted by Gasteiger charge is -2.43. The number of benzene rings is 3. The van der Waals surface area contributed by atoms with Crippen molar-refractivity contribution < 1.29 is 18.9 Å². The number of halogens is 3. The zero-order chi connectivity index (χ0) is 30.3. The van der Waals surface area contributed by atoms with E-state index in [4.69, 9.17) is 16.6 Å². The van der Waals surface area contributed by atoms with Gasteiger partial charge in [0.25, 0.3) is 5.91 Å². The average Bonchev–Trinajstić information content (AvgIpc) is 3.14. The molecule has 1 amide bonds. The van der Waals surface area contributed by atoms with Crippen molar-refractivity contribution in [1.82, 2.24) is 19.8 Å². The lowest BCUT2D eigenvalue weighted by atomic mass is 9.88. The van der Waals surface area contributed by atoms with Gasteiger partial charge in [-0.1, -0.05) is 23.7 Å². The second-order valence-electron chi connectivity index (χ2n) is 11.5. The van der Waals surface area contributed by atoms with Gasteiger partial charge in [0, 0.05) is 64.2 Å². The van der Waals surface area contributed by atoms with Crippen LogP contribution in [0.4, 0.5) is 20.4 Å². The molecule has 2 aliphatic rings. The van der Waals surface area contributed by atoms with Crippen LogP contribution in [0.5, 0.6) is 0 Å². The van der Waals surface area contributed by atoms with Crippen molar-refractivity contribution in [1.29, 1.82) is 0 Å².